The molecule has 0 aliphatic heterocycles. The number of unbranched alkanes of at least 4 members (excludes halogenated alkanes) is 12. The lowest BCUT2D eigenvalue weighted by Gasteiger charge is -2.17. The maximum absolute atomic E-state index is 11.0. The molecule has 0 heterocycles. The number of hydrogen-bond donors (Lipinski definition) is 2. The maximum atomic E-state index is 11.0. The van der Waals surface area contributed by atoms with Gasteiger partial charge in [-0.15, -0.1) is 0 Å². The first-order chi connectivity index (χ1) is 15.0. The first-order valence-corrected chi connectivity index (χ1v) is 12.8. The molecule has 0 radical (unpaired) electrons. The number of carbonyl (C=O) groups is 3. The largest absolute Gasteiger partial charge is 0.483 e. The average Bonchev–Trinajstić information content (AvgIpc) is 2.78. The van der Waals surface area contributed by atoms with Gasteiger partial charge in [-0.2, -0.15) is 0 Å². The topological polar surface area (TPSA) is 83.5 Å². The predicted molar refractivity (Wildman–Crippen MR) is 130 cm³/mol. The molecule has 1 fully saturated rings. The Hall–Kier alpha value is -1.39. The van der Waals surface area contributed by atoms with Gasteiger partial charge in [0, 0.05) is 19.4 Å². The van der Waals surface area contributed by atoms with Crippen LogP contribution < -0.4 is 5.32 Å². The van der Waals surface area contributed by atoms with Gasteiger partial charge in [-0.05, 0) is 26.2 Å². The molecule has 184 valence electrons. The number of ketones is 1. The zero-order valence-electron chi connectivity index (χ0n) is 20.8. The lowest BCUT2D eigenvalue weighted by atomic mass is 9.87. The summed E-state index contributed by atoms with van der Waals surface area (Å²) in [6.45, 7) is 3.74. The molecular formula is C26H51NO4. The summed E-state index contributed by atoms with van der Waals surface area (Å²) >= 11 is 0. The summed E-state index contributed by atoms with van der Waals surface area (Å²) in [4.78, 5) is 30.2. The van der Waals surface area contributed by atoms with E-state index in [9.17, 15) is 9.59 Å². The second kappa shape index (κ2) is 26.6. The van der Waals surface area contributed by atoms with Gasteiger partial charge < -0.3 is 10.4 Å². The van der Waals surface area contributed by atoms with E-state index in [0.717, 1.165) is 19.3 Å². The Morgan fingerprint density at radius 3 is 1.52 bits per heavy atom. The number of hydrogen-bond acceptors (Lipinski definition) is 3. The Bertz CT molecular complexity index is 406. The van der Waals surface area contributed by atoms with Gasteiger partial charge in [0.25, 0.3) is 6.47 Å². The molecule has 5 heteroatoms. The van der Waals surface area contributed by atoms with Gasteiger partial charge in [0.1, 0.15) is 5.78 Å². The molecule has 0 aromatic heterocycles. The Morgan fingerprint density at radius 1 is 0.806 bits per heavy atom. The minimum absolute atomic E-state index is 0.183. The van der Waals surface area contributed by atoms with Crippen molar-refractivity contribution in [2.24, 2.45) is 5.92 Å². The number of amides is 1. The highest BCUT2D eigenvalue weighted by Crippen LogP contribution is 2.23. The van der Waals surface area contributed by atoms with Gasteiger partial charge in [-0.25, -0.2) is 0 Å². The average molecular weight is 442 g/mol. The first-order valence-electron chi connectivity index (χ1n) is 12.8. The Morgan fingerprint density at radius 2 is 1.19 bits per heavy atom. The van der Waals surface area contributed by atoms with E-state index in [1.54, 1.807) is 14.0 Å². The van der Waals surface area contributed by atoms with Gasteiger partial charge >= 0.3 is 0 Å². The van der Waals surface area contributed by atoms with Crippen LogP contribution in [-0.2, 0) is 14.4 Å². The molecule has 1 aliphatic rings. The quantitative estimate of drug-likeness (QED) is 0.210. The number of Topliss-reactive ketones (excluding diaryl/α,β-unsaturated/α-hetero) is 1. The van der Waals surface area contributed by atoms with Crippen molar-refractivity contribution in [3.8, 4) is 0 Å². The molecule has 0 spiro atoms. The number of rotatable bonds is 15. The molecule has 1 saturated carbocycles. The lowest BCUT2D eigenvalue weighted by molar-refractivity contribution is -0.123. The molecule has 31 heavy (non-hydrogen) atoms. The van der Waals surface area contributed by atoms with Crippen molar-refractivity contribution in [2.75, 3.05) is 7.05 Å². The fourth-order valence-corrected chi connectivity index (χ4v) is 3.94. The minimum Gasteiger partial charge on any atom is -0.483 e. The zero-order chi connectivity index (χ0) is 23.6. The van der Waals surface area contributed by atoms with E-state index in [0.29, 0.717) is 18.1 Å². The number of nitrogens with one attached hydrogen (secondary N) is 1. The van der Waals surface area contributed by atoms with E-state index < -0.39 is 0 Å². The summed E-state index contributed by atoms with van der Waals surface area (Å²) in [5.41, 5.74) is 0. The summed E-state index contributed by atoms with van der Waals surface area (Å²) in [5.74, 6) is 0.997. The molecule has 0 aromatic carbocycles. The van der Waals surface area contributed by atoms with Gasteiger partial charge in [-0.3, -0.25) is 14.4 Å². The fraction of sp³-hybridized carbons (Fsp3) is 0.885. The van der Waals surface area contributed by atoms with E-state index in [-0.39, 0.29) is 12.4 Å². The van der Waals surface area contributed by atoms with E-state index >= 15 is 0 Å². The highest BCUT2D eigenvalue weighted by atomic mass is 16.3. The molecule has 0 atom stereocenters. The Kier molecular flexibility index (Phi) is 27.3. The molecular weight excluding hydrogens is 390 g/mol. The van der Waals surface area contributed by atoms with Crippen LogP contribution in [0.15, 0.2) is 0 Å². The van der Waals surface area contributed by atoms with E-state index in [1.807, 2.05) is 0 Å². The number of carboxylic acid groups (broad SMARTS) is 1. The fourth-order valence-electron chi connectivity index (χ4n) is 3.94. The monoisotopic (exact) mass is 441 g/mol. The molecule has 0 aromatic rings. The molecule has 0 bridgehead atoms. The van der Waals surface area contributed by atoms with Crippen LogP contribution in [0.5, 0.6) is 0 Å². The SMILES string of the molecule is CC(=O)C1CCCCC1.CCCCCCCCCCCCCCCC(=O)NC.O=CO. The highest BCUT2D eigenvalue weighted by Gasteiger charge is 2.16. The van der Waals surface area contributed by atoms with Crippen LogP contribution in [0.3, 0.4) is 0 Å². The van der Waals surface area contributed by atoms with Crippen LogP contribution in [0.2, 0.25) is 0 Å². The molecule has 0 saturated heterocycles. The zero-order valence-corrected chi connectivity index (χ0v) is 20.8. The smallest absolute Gasteiger partial charge is 0.290 e. The van der Waals surface area contributed by atoms with Crippen LogP contribution >= 0.6 is 0 Å². The molecule has 0 unspecified atom stereocenters. The summed E-state index contributed by atoms with van der Waals surface area (Å²) in [6.07, 6.45) is 24.5. The van der Waals surface area contributed by atoms with Crippen molar-refractivity contribution in [3.63, 3.8) is 0 Å². The molecule has 5 nitrogen and oxygen atoms in total. The van der Waals surface area contributed by atoms with Crippen molar-refractivity contribution in [1.82, 2.24) is 5.32 Å². The number of carbonyl (C=O) groups excluding carboxylic acids is 2. The van der Waals surface area contributed by atoms with E-state index in [2.05, 4.69) is 12.2 Å². The van der Waals surface area contributed by atoms with Crippen molar-refractivity contribution in [1.29, 1.82) is 0 Å². The van der Waals surface area contributed by atoms with Crippen LogP contribution in [-0.4, -0.2) is 30.3 Å². The van der Waals surface area contributed by atoms with Crippen molar-refractivity contribution in [3.05, 3.63) is 0 Å². The highest BCUT2D eigenvalue weighted by molar-refractivity contribution is 5.78. The summed E-state index contributed by atoms with van der Waals surface area (Å²) in [6, 6.07) is 0. The third-order valence-corrected chi connectivity index (χ3v) is 5.97. The standard InChI is InChI=1S/C17H35NO.C8H14O.CH2O2/c1-3-4-5-6-7-8-9-10-11-12-13-14-15-16-17(19)18-2;1-7(9)8-5-3-2-4-6-8;2-1-3/h3-16H2,1-2H3,(H,18,19);8H,2-6H2,1H3;1H,(H,2,3). The van der Waals surface area contributed by atoms with Gasteiger partial charge in [0.05, 0.1) is 0 Å². The van der Waals surface area contributed by atoms with Crippen molar-refractivity contribution in [2.45, 2.75) is 136 Å². The lowest BCUT2D eigenvalue weighted by Crippen LogP contribution is -2.16. The van der Waals surface area contributed by atoms with E-state index in [4.69, 9.17) is 9.90 Å². The van der Waals surface area contributed by atoms with Gasteiger partial charge in [0.2, 0.25) is 5.91 Å². The van der Waals surface area contributed by atoms with Crippen LogP contribution in [0.4, 0.5) is 0 Å². The van der Waals surface area contributed by atoms with Crippen LogP contribution in [0.1, 0.15) is 136 Å². The third-order valence-electron chi connectivity index (χ3n) is 5.97. The molecule has 1 aliphatic carbocycles. The van der Waals surface area contributed by atoms with E-state index in [1.165, 1.54) is 96.3 Å². The molecule has 2 N–H and O–H groups in total. The van der Waals surface area contributed by atoms with Crippen molar-refractivity contribution >= 4 is 18.2 Å². The summed E-state index contributed by atoms with van der Waals surface area (Å²) < 4.78 is 0. The van der Waals surface area contributed by atoms with Gasteiger partial charge in [0.15, 0.2) is 0 Å². The third kappa shape index (κ3) is 26.6. The Balaban J connectivity index is 0. The van der Waals surface area contributed by atoms with Crippen LogP contribution in [0, 0.1) is 5.92 Å². The van der Waals surface area contributed by atoms with Crippen molar-refractivity contribution < 1.29 is 19.5 Å². The Labute approximate surface area is 192 Å². The molecule has 1 rings (SSSR count). The van der Waals surface area contributed by atoms with Gasteiger partial charge in [-0.1, -0.05) is 103 Å². The normalized spacial score (nSPS) is 13.3. The predicted octanol–water partition coefficient (Wildman–Crippen LogP) is 7.07. The second-order valence-electron chi connectivity index (χ2n) is 8.72. The van der Waals surface area contributed by atoms with Crippen LogP contribution in [0.25, 0.3) is 0 Å². The summed E-state index contributed by atoms with van der Waals surface area (Å²) in [7, 11) is 1.71. The summed E-state index contributed by atoms with van der Waals surface area (Å²) in [5, 5.41) is 9.56. The first kappa shape index (κ1) is 31.8. The maximum Gasteiger partial charge on any atom is 0.290 e. The molecule has 1 amide bonds. The second-order valence-corrected chi connectivity index (χ2v) is 8.72. The minimum atomic E-state index is -0.250.